The molecule has 210 valence electrons. The first kappa shape index (κ1) is 27.6. The topological polar surface area (TPSA) is 110 Å². The highest BCUT2D eigenvalue weighted by Crippen LogP contribution is 2.30. The lowest BCUT2D eigenvalue weighted by Crippen LogP contribution is -2.32. The predicted octanol–water partition coefficient (Wildman–Crippen LogP) is 5.41. The number of pyridine rings is 1. The fraction of sp³-hybridized carbons (Fsp3) is 0.194. The number of hydrogen-bond acceptors (Lipinski definition) is 6. The van der Waals surface area contributed by atoms with Crippen LogP contribution in [0.5, 0.6) is 5.75 Å². The molecular formula is C31H30FN5O4. The van der Waals surface area contributed by atoms with Crippen molar-refractivity contribution >= 4 is 33.9 Å². The number of aliphatic hydroxyl groups is 1. The highest BCUT2D eigenvalue weighted by atomic mass is 19.1. The Morgan fingerprint density at radius 3 is 2.49 bits per heavy atom. The lowest BCUT2D eigenvalue weighted by molar-refractivity contribution is 0.0546. The molecule has 0 saturated heterocycles. The molecule has 0 aliphatic heterocycles. The monoisotopic (exact) mass is 555 g/mol. The number of ether oxygens (including phenoxy) is 1. The van der Waals surface area contributed by atoms with Crippen molar-refractivity contribution in [1.29, 1.82) is 0 Å². The van der Waals surface area contributed by atoms with Gasteiger partial charge in [0.15, 0.2) is 0 Å². The number of aromatic nitrogens is 3. The number of benzene rings is 3. The van der Waals surface area contributed by atoms with Crippen LogP contribution in [-0.4, -0.2) is 38.1 Å². The van der Waals surface area contributed by atoms with Gasteiger partial charge in [-0.05, 0) is 69.3 Å². The number of nitrogens with one attached hydrogen (secondary N) is 2. The summed E-state index contributed by atoms with van der Waals surface area (Å²) in [5, 5.41) is 17.0. The van der Waals surface area contributed by atoms with E-state index in [0.29, 0.717) is 28.3 Å². The Morgan fingerprint density at radius 2 is 1.80 bits per heavy atom. The largest absolute Gasteiger partial charge is 0.497 e. The Balaban J connectivity index is 1.43. The van der Waals surface area contributed by atoms with Crippen molar-refractivity contribution < 1.29 is 19.0 Å². The SMILES string of the molecule is COc1ccc2c(Nc3ccc(NC(=O)c4c(C)n(CC(C)(C)O)n(-c5ccccc5)c4=O)cc3F)ccnc2c1. The summed E-state index contributed by atoms with van der Waals surface area (Å²) in [6.07, 6.45) is 1.62. The third-order valence-electron chi connectivity index (χ3n) is 6.61. The molecule has 9 nitrogen and oxygen atoms in total. The van der Waals surface area contributed by atoms with Crippen molar-refractivity contribution in [3.63, 3.8) is 0 Å². The Morgan fingerprint density at radius 1 is 1.05 bits per heavy atom. The number of methoxy groups -OCH3 is 1. The van der Waals surface area contributed by atoms with E-state index in [2.05, 4.69) is 15.6 Å². The number of nitrogens with zero attached hydrogens (tertiary/aromatic N) is 3. The minimum absolute atomic E-state index is 0.0711. The van der Waals surface area contributed by atoms with Crippen molar-refractivity contribution in [3.05, 3.63) is 106 Å². The molecule has 3 N–H and O–H groups in total. The Labute approximate surface area is 235 Å². The lowest BCUT2D eigenvalue weighted by Gasteiger charge is -2.22. The number of halogens is 1. The zero-order valence-corrected chi connectivity index (χ0v) is 23.1. The molecule has 0 radical (unpaired) electrons. The van der Waals surface area contributed by atoms with Gasteiger partial charge in [-0.15, -0.1) is 0 Å². The Hall–Kier alpha value is -4.96. The summed E-state index contributed by atoms with van der Waals surface area (Å²) in [7, 11) is 1.57. The quantitative estimate of drug-likeness (QED) is 0.236. The zero-order chi connectivity index (χ0) is 29.3. The Kier molecular flexibility index (Phi) is 7.34. The van der Waals surface area contributed by atoms with E-state index < -0.39 is 22.9 Å². The normalized spacial score (nSPS) is 11.5. The van der Waals surface area contributed by atoms with Gasteiger partial charge in [-0.3, -0.25) is 19.3 Å². The van der Waals surface area contributed by atoms with Crippen LogP contribution in [0.15, 0.2) is 83.8 Å². The van der Waals surface area contributed by atoms with Crippen LogP contribution in [0.1, 0.15) is 29.9 Å². The molecule has 5 rings (SSSR count). The van der Waals surface area contributed by atoms with Crippen LogP contribution in [0.25, 0.3) is 16.6 Å². The number of rotatable bonds is 8. The summed E-state index contributed by atoms with van der Waals surface area (Å²) in [5.74, 6) is -0.616. The lowest BCUT2D eigenvalue weighted by atomic mass is 10.1. The highest BCUT2D eigenvalue weighted by Gasteiger charge is 2.27. The molecule has 0 aliphatic carbocycles. The first-order valence-electron chi connectivity index (χ1n) is 13.0. The maximum absolute atomic E-state index is 15.2. The zero-order valence-electron chi connectivity index (χ0n) is 23.1. The van der Waals surface area contributed by atoms with E-state index in [-0.39, 0.29) is 23.5 Å². The predicted molar refractivity (Wildman–Crippen MR) is 157 cm³/mol. The van der Waals surface area contributed by atoms with Gasteiger partial charge in [0.05, 0.1) is 41.8 Å². The van der Waals surface area contributed by atoms with Crippen molar-refractivity contribution in [1.82, 2.24) is 14.3 Å². The summed E-state index contributed by atoms with van der Waals surface area (Å²) in [4.78, 5) is 31.2. The van der Waals surface area contributed by atoms with E-state index in [4.69, 9.17) is 4.74 Å². The average Bonchev–Trinajstić information content (AvgIpc) is 3.17. The third kappa shape index (κ3) is 5.68. The molecular weight excluding hydrogens is 525 g/mol. The van der Waals surface area contributed by atoms with Gasteiger partial charge < -0.3 is 20.5 Å². The number of carbonyl (C=O) groups is 1. The minimum Gasteiger partial charge on any atom is -0.497 e. The van der Waals surface area contributed by atoms with Crippen molar-refractivity contribution in [3.8, 4) is 11.4 Å². The van der Waals surface area contributed by atoms with E-state index in [1.165, 1.54) is 16.8 Å². The molecule has 0 fully saturated rings. The molecule has 2 heterocycles. The number of carbonyl (C=O) groups excluding carboxylic acids is 1. The number of para-hydroxylation sites is 1. The van der Waals surface area contributed by atoms with Crippen molar-refractivity contribution in [2.24, 2.45) is 0 Å². The number of hydrogen-bond donors (Lipinski definition) is 3. The van der Waals surface area contributed by atoms with Crippen LogP contribution in [0.3, 0.4) is 0 Å². The molecule has 0 atom stereocenters. The second-order valence-electron chi connectivity index (χ2n) is 10.3. The highest BCUT2D eigenvalue weighted by molar-refractivity contribution is 6.05. The van der Waals surface area contributed by atoms with Gasteiger partial charge in [0.1, 0.15) is 17.1 Å². The minimum atomic E-state index is -1.15. The second-order valence-corrected chi connectivity index (χ2v) is 10.3. The molecule has 0 aliphatic rings. The van der Waals surface area contributed by atoms with Gasteiger partial charge in [-0.1, -0.05) is 18.2 Å². The molecule has 0 bridgehead atoms. The summed E-state index contributed by atoms with van der Waals surface area (Å²) in [6, 6.07) is 20.3. The van der Waals surface area contributed by atoms with Gasteiger partial charge in [0.25, 0.3) is 11.5 Å². The van der Waals surface area contributed by atoms with E-state index in [1.54, 1.807) is 87.3 Å². The summed E-state index contributed by atoms with van der Waals surface area (Å²) in [6.45, 7) is 4.96. The van der Waals surface area contributed by atoms with E-state index in [1.807, 2.05) is 12.1 Å². The molecule has 2 aromatic heterocycles. The molecule has 0 saturated carbocycles. The molecule has 0 spiro atoms. The molecule has 5 aromatic rings. The van der Waals surface area contributed by atoms with Crippen LogP contribution in [-0.2, 0) is 6.54 Å². The van der Waals surface area contributed by atoms with Crippen LogP contribution >= 0.6 is 0 Å². The van der Waals surface area contributed by atoms with Gasteiger partial charge >= 0.3 is 0 Å². The maximum atomic E-state index is 15.2. The average molecular weight is 556 g/mol. The van der Waals surface area contributed by atoms with Crippen LogP contribution in [0.4, 0.5) is 21.5 Å². The van der Waals surface area contributed by atoms with Crippen LogP contribution < -0.4 is 20.9 Å². The summed E-state index contributed by atoms with van der Waals surface area (Å²) < 4.78 is 23.4. The number of amides is 1. The first-order chi connectivity index (χ1) is 19.6. The molecule has 1 amide bonds. The molecule has 10 heteroatoms. The summed E-state index contributed by atoms with van der Waals surface area (Å²) in [5.41, 5.74) is 0.845. The van der Waals surface area contributed by atoms with Crippen molar-refractivity contribution in [2.45, 2.75) is 32.9 Å². The van der Waals surface area contributed by atoms with Crippen molar-refractivity contribution in [2.75, 3.05) is 17.7 Å². The van der Waals surface area contributed by atoms with Gasteiger partial charge in [-0.2, -0.15) is 0 Å². The molecule has 3 aromatic carbocycles. The smallest absolute Gasteiger partial charge is 0.284 e. The van der Waals surface area contributed by atoms with Crippen LogP contribution in [0, 0.1) is 12.7 Å². The van der Waals surface area contributed by atoms with Gasteiger partial charge in [0, 0.05) is 29.0 Å². The third-order valence-corrected chi connectivity index (χ3v) is 6.61. The summed E-state index contributed by atoms with van der Waals surface area (Å²) >= 11 is 0. The number of fused-ring (bicyclic) bond motifs is 1. The number of anilines is 3. The van der Waals surface area contributed by atoms with E-state index in [9.17, 15) is 14.7 Å². The second kappa shape index (κ2) is 10.9. The molecule has 41 heavy (non-hydrogen) atoms. The fourth-order valence-corrected chi connectivity index (χ4v) is 4.69. The molecule has 0 unspecified atom stereocenters. The maximum Gasteiger partial charge on any atom is 0.284 e. The van der Waals surface area contributed by atoms with Crippen LogP contribution in [0.2, 0.25) is 0 Å². The van der Waals surface area contributed by atoms with Gasteiger partial charge in [-0.25, -0.2) is 9.07 Å². The first-order valence-corrected chi connectivity index (χ1v) is 13.0. The van der Waals surface area contributed by atoms with E-state index >= 15 is 4.39 Å². The standard InChI is InChI=1S/C31H30FN5O4/c1-19-28(30(39)37(21-8-6-5-7-9-21)36(19)18-31(2,3)40)29(38)34-20-10-13-26(24(32)16-20)35-25-14-15-33-27-17-22(41-4)11-12-23(25)27/h5-17,40H,18H2,1-4H3,(H,33,35)(H,34,38). The fourth-order valence-electron chi connectivity index (χ4n) is 4.69. The van der Waals surface area contributed by atoms with Gasteiger partial charge in [0.2, 0.25) is 0 Å². The Bertz CT molecular complexity index is 1810. The van der Waals surface area contributed by atoms with E-state index in [0.717, 1.165) is 5.39 Å².